The van der Waals surface area contributed by atoms with Gasteiger partial charge < -0.3 is 10.6 Å². The molecule has 2 aromatic heterocycles. The van der Waals surface area contributed by atoms with E-state index in [2.05, 4.69) is 22.9 Å². The largest absolute Gasteiger partial charge is 0.354 e. The van der Waals surface area contributed by atoms with Crippen LogP contribution in [0.2, 0.25) is 4.34 Å². The summed E-state index contributed by atoms with van der Waals surface area (Å²) in [5, 5.41) is 0. The summed E-state index contributed by atoms with van der Waals surface area (Å²) < 4.78 is 0.821. The summed E-state index contributed by atoms with van der Waals surface area (Å²) in [6, 6.07) is 6.06. The smallest absolute Gasteiger partial charge is 0.131 e. The molecule has 2 rings (SSSR count). The van der Waals surface area contributed by atoms with Crippen molar-refractivity contribution in [3.8, 4) is 0 Å². The lowest BCUT2D eigenvalue weighted by molar-refractivity contribution is 0.897. The van der Waals surface area contributed by atoms with Crippen LogP contribution in [0, 0.1) is 6.92 Å². The van der Waals surface area contributed by atoms with E-state index in [-0.39, 0.29) is 0 Å². The Morgan fingerprint density at radius 2 is 2.22 bits per heavy atom. The number of rotatable bonds is 4. The molecule has 0 spiro atoms. The Morgan fingerprint density at radius 3 is 2.78 bits per heavy atom. The van der Waals surface area contributed by atoms with Crippen LogP contribution in [0.4, 0.5) is 5.82 Å². The molecule has 0 saturated carbocycles. The molecule has 0 aliphatic carbocycles. The van der Waals surface area contributed by atoms with E-state index in [9.17, 15) is 0 Å². The quantitative estimate of drug-likeness (QED) is 0.936. The molecule has 18 heavy (non-hydrogen) atoms. The molecule has 0 aliphatic rings. The predicted octanol–water partition coefficient (Wildman–Crippen LogP) is 3.20. The zero-order valence-corrected chi connectivity index (χ0v) is 12.1. The molecule has 2 heterocycles. The van der Waals surface area contributed by atoms with Crippen molar-refractivity contribution in [2.45, 2.75) is 20.0 Å². The van der Waals surface area contributed by atoms with Crippen LogP contribution >= 0.6 is 22.9 Å². The number of nitrogens with two attached hydrogens (primary N) is 1. The van der Waals surface area contributed by atoms with Crippen molar-refractivity contribution < 1.29 is 0 Å². The number of halogens is 1. The van der Waals surface area contributed by atoms with Crippen LogP contribution in [-0.2, 0) is 13.1 Å². The van der Waals surface area contributed by atoms with Crippen LogP contribution in [0.15, 0.2) is 24.4 Å². The minimum Gasteiger partial charge on any atom is -0.354 e. The van der Waals surface area contributed by atoms with E-state index < -0.39 is 0 Å². The van der Waals surface area contributed by atoms with Gasteiger partial charge in [-0.1, -0.05) is 11.6 Å². The fourth-order valence-electron chi connectivity index (χ4n) is 1.88. The molecule has 0 fully saturated rings. The molecule has 0 radical (unpaired) electrons. The molecule has 0 atom stereocenters. The Hall–Kier alpha value is -1.10. The highest BCUT2D eigenvalue weighted by molar-refractivity contribution is 7.16. The summed E-state index contributed by atoms with van der Waals surface area (Å²) in [5.74, 6) is 0.983. The summed E-state index contributed by atoms with van der Waals surface area (Å²) in [5.41, 5.74) is 7.81. The molecule has 0 aromatic carbocycles. The minimum atomic E-state index is 0.526. The maximum atomic E-state index is 5.93. The molecule has 5 heteroatoms. The Morgan fingerprint density at radius 1 is 1.44 bits per heavy atom. The first kappa shape index (κ1) is 13.3. The molecule has 2 aromatic rings. The van der Waals surface area contributed by atoms with Gasteiger partial charge in [0, 0.05) is 24.7 Å². The van der Waals surface area contributed by atoms with Gasteiger partial charge in [0.25, 0.3) is 0 Å². The molecule has 0 unspecified atom stereocenters. The van der Waals surface area contributed by atoms with Crippen LogP contribution in [0.1, 0.15) is 16.0 Å². The summed E-state index contributed by atoms with van der Waals surface area (Å²) in [6.07, 6.45) is 1.83. The van der Waals surface area contributed by atoms with E-state index in [1.54, 1.807) is 11.3 Å². The summed E-state index contributed by atoms with van der Waals surface area (Å²) in [6.45, 7) is 3.39. The number of aromatic nitrogens is 1. The van der Waals surface area contributed by atoms with Gasteiger partial charge in [-0.3, -0.25) is 0 Å². The van der Waals surface area contributed by atoms with Crippen LogP contribution in [-0.4, -0.2) is 12.0 Å². The number of aryl methyl sites for hydroxylation is 1. The third-order valence-electron chi connectivity index (χ3n) is 2.73. The maximum Gasteiger partial charge on any atom is 0.131 e. The van der Waals surface area contributed by atoms with E-state index in [0.29, 0.717) is 6.54 Å². The normalized spacial score (nSPS) is 10.7. The summed E-state index contributed by atoms with van der Waals surface area (Å²) in [7, 11) is 2.03. The van der Waals surface area contributed by atoms with Crippen LogP contribution in [0.5, 0.6) is 0 Å². The predicted molar refractivity (Wildman–Crippen MR) is 78.3 cm³/mol. The van der Waals surface area contributed by atoms with Crippen molar-refractivity contribution in [3.63, 3.8) is 0 Å². The number of anilines is 1. The lowest BCUT2D eigenvalue weighted by Crippen LogP contribution is -2.18. The highest BCUT2D eigenvalue weighted by Crippen LogP contribution is 2.25. The second-order valence-electron chi connectivity index (χ2n) is 4.25. The number of hydrogen-bond acceptors (Lipinski definition) is 4. The number of pyridine rings is 1. The van der Waals surface area contributed by atoms with Crippen molar-refractivity contribution in [2.24, 2.45) is 5.73 Å². The number of hydrogen-bond donors (Lipinski definition) is 1. The Labute approximate surface area is 116 Å². The van der Waals surface area contributed by atoms with E-state index in [1.165, 1.54) is 4.88 Å². The Bertz CT molecular complexity index is 539. The van der Waals surface area contributed by atoms with E-state index in [0.717, 1.165) is 27.8 Å². The van der Waals surface area contributed by atoms with E-state index >= 15 is 0 Å². The lowest BCUT2D eigenvalue weighted by atomic mass is 10.2. The monoisotopic (exact) mass is 281 g/mol. The molecule has 0 bridgehead atoms. The average molecular weight is 282 g/mol. The van der Waals surface area contributed by atoms with E-state index in [1.807, 2.05) is 25.4 Å². The van der Waals surface area contributed by atoms with Gasteiger partial charge in [0.1, 0.15) is 5.82 Å². The van der Waals surface area contributed by atoms with Crippen LogP contribution in [0.3, 0.4) is 0 Å². The fraction of sp³-hybridized carbons (Fsp3) is 0.308. The van der Waals surface area contributed by atoms with Crippen LogP contribution in [0.25, 0.3) is 0 Å². The average Bonchev–Trinajstić information content (AvgIpc) is 2.74. The topological polar surface area (TPSA) is 42.1 Å². The first-order valence-electron chi connectivity index (χ1n) is 5.71. The second-order valence-corrected chi connectivity index (χ2v) is 6.05. The summed E-state index contributed by atoms with van der Waals surface area (Å²) in [4.78, 5) is 7.82. The fourth-order valence-corrected chi connectivity index (χ4v) is 3.02. The van der Waals surface area contributed by atoms with Crippen molar-refractivity contribution in [1.29, 1.82) is 0 Å². The number of thiophene rings is 1. The highest BCUT2D eigenvalue weighted by atomic mass is 35.5. The third-order valence-corrected chi connectivity index (χ3v) is 3.94. The van der Waals surface area contributed by atoms with Gasteiger partial charge in [-0.05, 0) is 36.2 Å². The van der Waals surface area contributed by atoms with Gasteiger partial charge in [0.05, 0.1) is 10.9 Å². The SMILES string of the molecule is Cc1cc(CN)cnc1N(C)Cc1ccc(Cl)s1. The Balaban J connectivity index is 2.15. The zero-order chi connectivity index (χ0) is 13.1. The molecule has 96 valence electrons. The second kappa shape index (κ2) is 5.69. The summed E-state index contributed by atoms with van der Waals surface area (Å²) >= 11 is 7.53. The van der Waals surface area contributed by atoms with Crippen molar-refractivity contribution in [1.82, 2.24) is 4.98 Å². The van der Waals surface area contributed by atoms with Crippen molar-refractivity contribution in [2.75, 3.05) is 11.9 Å². The molecule has 0 saturated heterocycles. The zero-order valence-electron chi connectivity index (χ0n) is 10.5. The van der Waals surface area contributed by atoms with Crippen molar-refractivity contribution in [3.05, 3.63) is 44.7 Å². The first-order chi connectivity index (χ1) is 8.60. The van der Waals surface area contributed by atoms with Gasteiger partial charge in [-0.15, -0.1) is 11.3 Å². The van der Waals surface area contributed by atoms with E-state index in [4.69, 9.17) is 17.3 Å². The van der Waals surface area contributed by atoms with Gasteiger partial charge >= 0.3 is 0 Å². The maximum absolute atomic E-state index is 5.93. The highest BCUT2D eigenvalue weighted by Gasteiger charge is 2.09. The Kier molecular flexibility index (Phi) is 4.22. The molecule has 2 N–H and O–H groups in total. The first-order valence-corrected chi connectivity index (χ1v) is 6.90. The minimum absolute atomic E-state index is 0.526. The molecule has 0 aliphatic heterocycles. The van der Waals surface area contributed by atoms with Crippen LogP contribution < -0.4 is 10.6 Å². The molecule has 0 amide bonds. The lowest BCUT2D eigenvalue weighted by Gasteiger charge is -2.19. The molecule has 3 nitrogen and oxygen atoms in total. The molecular weight excluding hydrogens is 266 g/mol. The van der Waals surface area contributed by atoms with Gasteiger partial charge in [0.15, 0.2) is 0 Å². The van der Waals surface area contributed by atoms with Gasteiger partial charge in [-0.25, -0.2) is 4.98 Å². The molecular formula is C13H16ClN3S. The third kappa shape index (κ3) is 3.02. The van der Waals surface area contributed by atoms with Gasteiger partial charge in [0.2, 0.25) is 0 Å². The standard InChI is InChI=1S/C13H16ClN3S/c1-9-5-10(6-15)7-16-13(9)17(2)8-11-3-4-12(14)18-11/h3-5,7H,6,8,15H2,1-2H3. The van der Waals surface area contributed by atoms with Gasteiger partial charge in [-0.2, -0.15) is 0 Å². The number of nitrogens with zero attached hydrogens (tertiary/aromatic N) is 2. The van der Waals surface area contributed by atoms with Crippen molar-refractivity contribution >= 4 is 28.8 Å².